The number of nitriles is 1. The van der Waals surface area contributed by atoms with Crippen molar-refractivity contribution in [2.75, 3.05) is 39.4 Å². The van der Waals surface area contributed by atoms with Gasteiger partial charge in [-0.15, -0.1) is 10.2 Å². The summed E-state index contributed by atoms with van der Waals surface area (Å²) in [5.41, 5.74) is 2.91. The van der Waals surface area contributed by atoms with Crippen LogP contribution in [0.15, 0.2) is 89.4 Å². The maximum atomic E-state index is 11.4. The molecule has 55 heavy (non-hydrogen) atoms. The zero-order valence-electron chi connectivity index (χ0n) is 31.7. The van der Waals surface area contributed by atoms with Gasteiger partial charge in [-0.2, -0.15) is 5.26 Å². The summed E-state index contributed by atoms with van der Waals surface area (Å²) in [6.07, 6.45) is 8.11. The third kappa shape index (κ3) is 9.46. The normalized spacial score (nSPS) is 18.4. The van der Waals surface area contributed by atoms with Gasteiger partial charge in [0.25, 0.3) is 0 Å². The highest BCUT2D eigenvalue weighted by molar-refractivity contribution is 6.32. The zero-order chi connectivity index (χ0) is 38.8. The van der Waals surface area contributed by atoms with Crippen molar-refractivity contribution >= 4 is 23.1 Å². The van der Waals surface area contributed by atoms with E-state index in [2.05, 4.69) is 69.9 Å². The van der Waals surface area contributed by atoms with Gasteiger partial charge in [0, 0.05) is 50.2 Å². The number of benzene rings is 3. The van der Waals surface area contributed by atoms with Crippen LogP contribution in [0.3, 0.4) is 0 Å². The standard InChI is InChI=1S/C43H49ClN6O5/c1-30(52)47-18-17-46-25-35-22-37(44)39(23-38(35)53-28-33-10-7-9-32(21-33)24-45)54-29-43(16-8-13-36(42(43,2)3)34-11-5-4-6-12-34)41-49-48-40(55-41)26-50-19-14-31(27-51)15-20-50/h4-13,16,21-23,31,46,51H,14-15,17-20,25-29H2,1-3H3,(H,47,52). The Morgan fingerprint density at radius 1 is 1.05 bits per heavy atom. The first-order valence-corrected chi connectivity index (χ1v) is 19.1. The number of hydrogen-bond donors (Lipinski definition) is 3. The molecule has 6 rings (SSSR count). The number of likely N-dealkylation sites (tertiary alicyclic amines) is 1. The van der Waals surface area contributed by atoms with Crippen molar-refractivity contribution in [1.29, 1.82) is 5.26 Å². The van der Waals surface area contributed by atoms with Crippen molar-refractivity contribution < 1.29 is 23.8 Å². The molecule has 0 radical (unpaired) electrons. The monoisotopic (exact) mass is 764 g/mol. The van der Waals surface area contributed by atoms with E-state index in [4.69, 9.17) is 25.5 Å². The van der Waals surface area contributed by atoms with Crippen molar-refractivity contribution in [2.45, 2.75) is 58.7 Å². The number of aromatic nitrogens is 2. The first-order chi connectivity index (χ1) is 26.6. The van der Waals surface area contributed by atoms with Gasteiger partial charge < -0.3 is 29.6 Å². The van der Waals surface area contributed by atoms with Crippen molar-refractivity contribution in [2.24, 2.45) is 11.3 Å². The molecule has 1 atom stereocenters. The number of piperidine rings is 1. The number of halogens is 1. The highest BCUT2D eigenvalue weighted by Gasteiger charge is 2.53. The van der Waals surface area contributed by atoms with E-state index in [0.717, 1.165) is 48.2 Å². The Balaban J connectivity index is 1.30. The van der Waals surface area contributed by atoms with Crippen molar-refractivity contribution in [3.05, 3.63) is 124 Å². The summed E-state index contributed by atoms with van der Waals surface area (Å²) in [6, 6.07) is 23.4. The number of ether oxygens (including phenoxy) is 2. The van der Waals surface area contributed by atoms with Gasteiger partial charge in [-0.05, 0) is 66.7 Å². The minimum Gasteiger partial charge on any atom is -0.490 e. The summed E-state index contributed by atoms with van der Waals surface area (Å²) in [5, 5.41) is 34.8. The maximum absolute atomic E-state index is 11.4. The van der Waals surface area contributed by atoms with Crippen LogP contribution in [-0.4, -0.2) is 65.5 Å². The number of nitrogens with zero attached hydrogens (tertiary/aromatic N) is 4. The summed E-state index contributed by atoms with van der Waals surface area (Å²) in [5.74, 6) is 2.21. The van der Waals surface area contributed by atoms with E-state index >= 15 is 0 Å². The first-order valence-electron chi connectivity index (χ1n) is 18.8. The van der Waals surface area contributed by atoms with Crippen LogP contribution in [0.1, 0.15) is 67.6 Å². The van der Waals surface area contributed by atoms with Crippen LogP contribution in [-0.2, 0) is 29.9 Å². The van der Waals surface area contributed by atoms with Crippen LogP contribution >= 0.6 is 11.6 Å². The molecule has 2 heterocycles. The Morgan fingerprint density at radius 3 is 2.60 bits per heavy atom. The highest BCUT2D eigenvalue weighted by atomic mass is 35.5. The van der Waals surface area contributed by atoms with Gasteiger partial charge in [-0.25, -0.2) is 0 Å². The van der Waals surface area contributed by atoms with Gasteiger partial charge in [0.2, 0.25) is 17.7 Å². The predicted molar refractivity (Wildman–Crippen MR) is 211 cm³/mol. The number of rotatable bonds is 16. The molecule has 1 fully saturated rings. The lowest BCUT2D eigenvalue weighted by Crippen LogP contribution is -2.47. The van der Waals surface area contributed by atoms with E-state index in [1.807, 2.05) is 42.5 Å². The molecular weight excluding hydrogens is 716 g/mol. The SMILES string of the molecule is CC(=O)NCCNCc1cc(Cl)c(OCC2(c3nnc(CN4CCC(CO)CC4)o3)C=CC=C(c3ccccc3)C2(C)C)cc1OCc1cccc(C#N)c1. The van der Waals surface area contributed by atoms with Gasteiger partial charge in [0.1, 0.15) is 30.1 Å². The Kier molecular flexibility index (Phi) is 13.1. The summed E-state index contributed by atoms with van der Waals surface area (Å²) in [7, 11) is 0. The third-order valence-electron chi connectivity index (χ3n) is 10.7. The second kappa shape index (κ2) is 18.1. The van der Waals surface area contributed by atoms with Crippen LogP contribution in [0.2, 0.25) is 5.02 Å². The Hall–Kier alpha value is -4.99. The summed E-state index contributed by atoms with van der Waals surface area (Å²) >= 11 is 6.97. The molecule has 3 aromatic carbocycles. The molecule has 0 bridgehead atoms. The van der Waals surface area contributed by atoms with Gasteiger partial charge in [0.05, 0.1) is 23.2 Å². The lowest BCUT2D eigenvalue weighted by atomic mass is 9.58. The average Bonchev–Trinajstić information content (AvgIpc) is 3.66. The maximum Gasteiger partial charge on any atom is 0.230 e. The fraction of sp³-hybridized carbons (Fsp3) is 0.395. The zero-order valence-corrected chi connectivity index (χ0v) is 32.4. The van der Waals surface area contributed by atoms with Crippen LogP contribution in [0.5, 0.6) is 11.5 Å². The van der Waals surface area contributed by atoms with E-state index in [1.165, 1.54) is 6.92 Å². The van der Waals surface area contributed by atoms with Crippen LogP contribution in [0, 0.1) is 22.7 Å². The van der Waals surface area contributed by atoms with Gasteiger partial charge in [0.15, 0.2) is 0 Å². The van der Waals surface area contributed by atoms with Crippen molar-refractivity contribution in [3.8, 4) is 17.6 Å². The Bertz CT molecular complexity index is 2030. The molecule has 12 heteroatoms. The molecule has 1 aliphatic heterocycles. The predicted octanol–water partition coefficient (Wildman–Crippen LogP) is 6.60. The molecule has 1 amide bonds. The summed E-state index contributed by atoms with van der Waals surface area (Å²) < 4.78 is 19.7. The van der Waals surface area contributed by atoms with E-state index in [0.29, 0.717) is 66.0 Å². The molecule has 2 aliphatic rings. The summed E-state index contributed by atoms with van der Waals surface area (Å²) in [6.45, 7) is 10.1. The highest BCUT2D eigenvalue weighted by Crippen LogP contribution is 2.53. The third-order valence-corrected chi connectivity index (χ3v) is 11.0. The number of carbonyl (C=O) groups is 1. The number of aliphatic hydroxyl groups excluding tert-OH is 1. The number of amides is 1. The van der Waals surface area contributed by atoms with E-state index in [9.17, 15) is 15.2 Å². The average molecular weight is 765 g/mol. The van der Waals surface area contributed by atoms with Crippen LogP contribution in [0.4, 0.5) is 0 Å². The van der Waals surface area contributed by atoms with Crippen molar-refractivity contribution in [1.82, 2.24) is 25.7 Å². The molecule has 4 aromatic rings. The second-order valence-corrected chi connectivity index (χ2v) is 15.2. The first kappa shape index (κ1) is 39.7. The lowest BCUT2D eigenvalue weighted by molar-refractivity contribution is -0.118. The Morgan fingerprint density at radius 2 is 1.85 bits per heavy atom. The van der Waals surface area contributed by atoms with E-state index < -0.39 is 10.8 Å². The molecule has 288 valence electrons. The smallest absolute Gasteiger partial charge is 0.230 e. The molecule has 0 spiro atoms. The topological polar surface area (TPSA) is 146 Å². The van der Waals surface area contributed by atoms with Crippen molar-refractivity contribution in [3.63, 3.8) is 0 Å². The Labute approximate surface area is 328 Å². The molecule has 0 saturated carbocycles. The number of allylic oxidation sites excluding steroid dienone is 3. The molecule has 1 aromatic heterocycles. The fourth-order valence-corrected chi connectivity index (χ4v) is 7.52. The minimum absolute atomic E-state index is 0.0919. The number of carbonyl (C=O) groups excluding carboxylic acids is 1. The lowest BCUT2D eigenvalue weighted by Gasteiger charge is -2.45. The van der Waals surface area contributed by atoms with E-state index in [-0.39, 0.29) is 25.7 Å². The van der Waals surface area contributed by atoms with E-state index in [1.54, 1.807) is 18.2 Å². The molecular formula is C43H49ClN6O5. The molecule has 1 aliphatic carbocycles. The van der Waals surface area contributed by atoms with Gasteiger partial charge in [-0.1, -0.05) is 86.1 Å². The van der Waals surface area contributed by atoms with Gasteiger partial charge >= 0.3 is 0 Å². The summed E-state index contributed by atoms with van der Waals surface area (Å²) in [4.78, 5) is 13.6. The number of hydrogen-bond acceptors (Lipinski definition) is 10. The fourth-order valence-electron chi connectivity index (χ4n) is 7.28. The number of aliphatic hydroxyl groups is 1. The van der Waals surface area contributed by atoms with Crippen LogP contribution in [0.25, 0.3) is 5.57 Å². The number of nitrogens with one attached hydrogen (secondary N) is 2. The quantitative estimate of drug-likeness (QED) is 0.107. The second-order valence-electron chi connectivity index (χ2n) is 14.7. The molecule has 1 saturated heterocycles. The molecule has 11 nitrogen and oxygen atoms in total. The van der Waals surface area contributed by atoms with Crippen LogP contribution < -0.4 is 20.1 Å². The van der Waals surface area contributed by atoms with Gasteiger partial charge in [-0.3, -0.25) is 9.69 Å². The largest absolute Gasteiger partial charge is 0.490 e. The minimum atomic E-state index is -0.895. The molecule has 3 N–H and O–H groups in total. The molecule has 1 unspecified atom stereocenters.